The van der Waals surface area contributed by atoms with E-state index in [1.54, 1.807) is 11.9 Å². The van der Waals surface area contributed by atoms with Gasteiger partial charge in [0.25, 0.3) is 0 Å². The van der Waals surface area contributed by atoms with Gasteiger partial charge in [0.15, 0.2) is 0 Å². The van der Waals surface area contributed by atoms with Crippen molar-refractivity contribution in [2.24, 2.45) is 17.8 Å². The van der Waals surface area contributed by atoms with Gasteiger partial charge in [0.2, 0.25) is 5.91 Å². The van der Waals surface area contributed by atoms with Crippen LogP contribution in [0.3, 0.4) is 0 Å². The Morgan fingerprint density at radius 2 is 1.94 bits per heavy atom. The highest BCUT2D eigenvalue weighted by molar-refractivity contribution is 5.85. The minimum absolute atomic E-state index is 0.0306. The second-order valence-electron chi connectivity index (χ2n) is 4.99. The molecule has 1 aliphatic rings. The molecule has 0 bridgehead atoms. The number of nitrogens with zero attached hydrogens (tertiary/aromatic N) is 1. The van der Waals surface area contributed by atoms with Gasteiger partial charge in [-0.2, -0.15) is 0 Å². The molecule has 0 radical (unpaired) electrons. The van der Waals surface area contributed by atoms with Gasteiger partial charge in [-0.3, -0.25) is 9.59 Å². The number of nitrogens with one attached hydrogen (secondary N) is 1. The molecule has 1 fully saturated rings. The van der Waals surface area contributed by atoms with Crippen molar-refractivity contribution in [3.63, 3.8) is 0 Å². The maximum atomic E-state index is 12.1. The Morgan fingerprint density at radius 3 is 2.47 bits per heavy atom. The highest BCUT2D eigenvalue weighted by Gasteiger charge is 2.42. The number of carboxylic acids is 1. The normalized spacial score (nSPS) is 28.1. The Balaban J connectivity index is 2.63. The predicted octanol–water partition coefficient (Wildman–Crippen LogP) is 0.411. The van der Waals surface area contributed by atoms with Crippen LogP contribution in [0.4, 0.5) is 0 Å². The van der Waals surface area contributed by atoms with Gasteiger partial charge in [-0.05, 0) is 25.8 Å². The van der Waals surface area contributed by atoms with Crippen LogP contribution in [-0.2, 0) is 9.59 Å². The molecule has 1 rings (SSSR count). The van der Waals surface area contributed by atoms with E-state index in [4.69, 9.17) is 5.11 Å². The Bertz CT molecular complexity index is 293. The van der Waals surface area contributed by atoms with Crippen molar-refractivity contribution in [2.75, 3.05) is 27.2 Å². The first-order chi connectivity index (χ1) is 7.97. The molecule has 0 aromatic heterocycles. The van der Waals surface area contributed by atoms with Crippen molar-refractivity contribution in [1.82, 2.24) is 10.2 Å². The van der Waals surface area contributed by atoms with Crippen molar-refractivity contribution in [3.8, 4) is 0 Å². The van der Waals surface area contributed by atoms with E-state index < -0.39 is 11.9 Å². The molecule has 1 saturated carbocycles. The fourth-order valence-corrected chi connectivity index (χ4v) is 2.51. The van der Waals surface area contributed by atoms with E-state index in [9.17, 15) is 9.59 Å². The molecule has 1 aliphatic carbocycles. The Kier molecular flexibility index (Phi) is 4.93. The number of amides is 1. The maximum absolute atomic E-state index is 12.1. The van der Waals surface area contributed by atoms with E-state index >= 15 is 0 Å². The first kappa shape index (κ1) is 14.0. The third kappa shape index (κ3) is 3.43. The van der Waals surface area contributed by atoms with E-state index in [1.165, 1.54) is 0 Å². The zero-order valence-corrected chi connectivity index (χ0v) is 10.8. The molecule has 0 aromatic rings. The number of carbonyl (C=O) groups is 2. The molecule has 0 heterocycles. The van der Waals surface area contributed by atoms with Gasteiger partial charge in [-0.25, -0.2) is 0 Å². The topological polar surface area (TPSA) is 69.6 Å². The smallest absolute Gasteiger partial charge is 0.307 e. The Labute approximate surface area is 102 Å². The number of rotatable bonds is 5. The second kappa shape index (κ2) is 6.00. The van der Waals surface area contributed by atoms with E-state index in [0.29, 0.717) is 25.3 Å². The summed E-state index contributed by atoms with van der Waals surface area (Å²) < 4.78 is 0. The van der Waals surface area contributed by atoms with Gasteiger partial charge in [0, 0.05) is 20.1 Å². The lowest BCUT2D eigenvalue weighted by Gasteiger charge is -2.23. The number of likely N-dealkylation sites (N-methyl/N-ethyl adjacent to an activating group) is 2. The van der Waals surface area contributed by atoms with Crippen LogP contribution < -0.4 is 5.32 Å². The van der Waals surface area contributed by atoms with Crippen molar-refractivity contribution in [3.05, 3.63) is 0 Å². The number of hydrogen-bond acceptors (Lipinski definition) is 3. The Hall–Kier alpha value is -1.10. The molecule has 0 aromatic carbocycles. The SMILES string of the molecule is CNCCN(C)C(=O)C1CC(C)CC1C(=O)O. The summed E-state index contributed by atoms with van der Waals surface area (Å²) in [6.07, 6.45) is 1.31. The van der Waals surface area contributed by atoms with Gasteiger partial charge in [-0.1, -0.05) is 6.92 Å². The zero-order chi connectivity index (χ0) is 13.0. The van der Waals surface area contributed by atoms with Gasteiger partial charge in [-0.15, -0.1) is 0 Å². The minimum Gasteiger partial charge on any atom is -0.481 e. The standard InChI is InChI=1S/C12H22N2O3/c1-8-6-9(10(7-8)12(16)17)11(15)14(3)5-4-13-2/h8-10,13H,4-7H2,1-3H3,(H,16,17). The summed E-state index contributed by atoms with van der Waals surface area (Å²) in [5.41, 5.74) is 0. The summed E-state index contributed by atoms with van der Waals surface area (Å²) in [5.74, 6) is -1.40. The van der Waals surface area contributed by atoms with Gasteiger partial charge < -0.3 is 15.3 Å². The summed E-state index contributed by atoms with van der Waals surface area (Å²) in [7, 11) is 3.57. The molecule has 3 unspecified atom stereocenters. The van der Waals surface area contributed by atoms with Crippen molar-refractivity contribution >= 4 is 11.9 Å². The van der Waals surface area contributed by atoms with Gasteiger partial charge in [0.1, 0.15) is 0 Å². The molecule has 2 N–H and O–H groups in total. The average Bonchev–Trinajstić information content (AvgIpc) is 2.67. The number of hydrogen-bond donors (Lipinski definition) is 2. The Morgan fingerprint density at radius 1 is 1.35 bits per heavy atom. The van der Waals surface area contributed by atoms with Crippen LogP contribution in [0.15, 0.2) is 0 Å². The molecular weight excluding hydrogens is 220 g/mol. The highest BCUT2D eigenvalue weighted by atomic mass is 16.4. The summed E-state index contributed by atoms with van der Waals surface area (Å²) in [5, 5.41) is 12.1. The first-order valence-electron chi connectivity index (χ1n) is 6.09. The van der Waals surface area contributed by atoms with Crippen LogP contribution in [0.25, 0.3) is 0 Å². The molecule has 98 valence electrons. The van der Waals surface area contributed by atoms with Crippen LogP contribution in [0.1, 0.15) is 19.8 Å². The van der Waals surface area contributed by atoms with Crippen LogP contribution >= 0.6 is 0 Å². The van der Waals surface area contributed by atoms with Crippen LogP contribution in [0.2, 0.25) is 0 Å². The number of aliphatic carboxylic acids is 1. The summed E-state index contributed by atoms with van der Waals surface area (Å²) in [4.78, 5) is 24.9. The summed E-state index contributed by atoms with van der Waals surface area (Å²) >= 11 is 0. The number of carboxylic acid groups (broad SMARTS) is 1. The molecule has 5 heteroatoms. The maximum Gasteiger partial charge on any atom is 0.307 e. The lowest BCUT2D eigenvalue weighted by molar-refractivity contribution is -0.148. The van der Waals surface area contributed by atoms with Crippen molar-refractivity contribution in [1.29, 1.82) is 0 Å². The average molecular weight is 242 g/mol. The quantitative estimate of drug-likeness (QED) is 0.732. The third-order valence-electron chi connectivity index (χ3n) is 3.51. The highest BCUT2D eigenvalue weighted by Crippen LogP contribution is 2.37. The molecule has 0 spiro atoms. The number of carbonyl (C=O) groups excluding carboxylic acids is 1. The lowest BCUT2D eigenvalue weighted by Crippen LogP contribution is -2.39. The minimum atomic E-state index is -0.838. The second-order valence-corrected chi connectivity index (χ2v) is 4.99. The van der Waals surface area contributed by atoms with Crippen molar-refractivity contribution in [2.45, 2.75) is 19.8 Å². The zero-order valence-electron chi connectivity index (χ0n) is 10.8. The van der Waals surface area contributed by atoms with Gasteiger partial charge in [0.05, 0.1) is 11.8 Å². The summed E-state index contributed by atoms with van der Waals surface area (Å²) in [6.45, 7) is 3.35. The molecule has 0 saturated heterocycles. The molecular formula is C12H22N2O3. The lowest BCUT2D eigenvalue weighted by atomic mass is 9.95. The molecule has 1 amide bonds. The van der Waals surface area contributed by atoms with E-state index in [2.05, 4.69) is 5.32 Å². The van der Waals surface area contributed by atoms with Crippen molar-refractivity contribution < 1.29 is 14.7 Å². The van der Waals surface area contributed by atoms with Crippen LogP contribution in [0, 0.1) is 17.8 Å². The van der Waals surface area contributed by atoms with E-state index in [1.807, 2.05) is 14.0 Å². The summed E-state index contributed by atoms with van der Waals surface area (Å²) in [6, 6.07) is 0. The fraction of sp³-hybridized carbons (Fsp3) is 0.833. The molecule has 0 aliphatic heterocycles. The molecule has 3 atom stereocenters. The van der Waals surface area contributed by atoms with Gasteiger partial charge >= 0.3 is 5.97 Å². The van der Waals surface area contributed by atoms with E-state index in [-0.39, 0.29) is 11.8 Å². The third-order valence-corrected chi connectivity index (χ3v) is 3.51. The predicted molar refractivity (Wildman–Crippen MR) is 64.6 cm³/mol. The monoisotopic (exact) mass is 242 g/mol. The molecule has 5 nitrogen and oxygen atoms in total. The fourth-order valence-electron chi connectivity index (χ4n) is 2.51. The van der Waals surface area contributed by atoms with Crippen LogP contribution in [-0.4, -0.2) is 49.1 Å². The molecule has 17 heavy (non-hydrogen) atoms. The largest absolute Gasteiger partial charge is 0.481 e. The first-order valence-corrected chi connectivity index (χ1v) is 6.09. The van der Waals surface area contributed by atoms with Crippen LogP contribution in [0.5, 0.6) is 0 Å². The van der Waals surface area contributed by atoms with E-state index in [0.717, 1.165) is 6.54 Å².